The average Bonchev–Trinajstić information content (AvgIpc) is 2.47. The van der Waals surface area contributed by atoms with E-state index in [0.29, 0.717) is 17.8 Å². The van der Waals surface area contributed by atoms with E-state index in [1.54, 1.807) is 30.3 Å². The van der Waals surface area contributed by atoms with Crippen molar-refractivity contribution in [2.45, 2.75) is 19.5 Å². The van der Waals surface area contributed by atoms with Gasteiger partial charge in [-0.3, -0.25) is 4.90 Å². The van der Waals surface area contributed by atoms with Crippen LogP contribution in [0.3, 0.4) is 0 Å². The van der Waals surface area contributed by atoms with E-state index in [0.717, 1.165) is 0 Å². The van der Waals surface area contributed by atoms with Crippen molar-refractivity contribution in [3.63, 3.8) is 0 Å². The van der Waals surface area contributed by atoms with Crippen molar-refractivity contribution in [3.05, 3.63) is 65.2 Å². The minimum atomic E-state index is -1.05. The van der Waals surface area contributed by atoms with Gasteiger partial charge in [-0.05, 0) is 32.2 Å². The number of nitrogens with zero attached hydrogens (tertiary/aromatic N) is 2. The van der Waals surface area contributed by atoms with Gasteiger partial charge in [-0.15, -0.1) is 0 Å². The molecule has 2 aromatic rings. The number of aromatic carboxylic acids is 1. The first-order valence-corrected chi connectivity index (χ1v) is 6.63. The van der Waals surface area contributed by atoms with Gasteiger partial charge in [0.05, 0.1) is 5.69 Å². The molecule has 2 rings (SSSR count). The maximum atomic E-state index is 13.8. The van der Waals surface area contributed by atoms with Gasteiger partial charge in [-0.1, -0.05) is 24.3 Å². The molecule has 5 heteroatoms. The van der Waals surface area contributed by atoms with Gasteiger partial charge >= 0.3 is 5.97 Å². The fourth-order valence-corrected chi connectivity index (χ4v) is 2.13. The van der Waals surface area contributed by atoms with Gasteiger partial charge in [0, 0.05) is 18.2 Å². The van der Waals surface area contributed by atoms with Crippen molar-refractivity contribution in [1.82, 2.24) is 9.88 Å². The molecule has 0 radical (unpaired) electrons. The summed E-state index contributed by atoms with van der Waals surface area (Å²) in [6.07, 6.45) is 0. The summed E-state index contributed by atoms with van der Waals surface area (Å²) in [6.45, 7) is 2.34. The zero-order valence-corrected chi connectivity index (χ0v) is 12.0. The van der Waals surface area contributed by atoms with Gasteiger partial charge in [-0.25, -0.2) is 14.2 Å². The normalized spacial score (nSPS) is 12.4. The second-order valence-corrected chi connectivity index (χ2v) is 4.93. The number of benzene rings is 1. The fraction of sp³-hybridized carbons (Fsp3) is 0.250. The van der Waals surface area contributed by atoms with E-state index in [9.17, 15) is 9.18 Å². The van der Waals surface area contributed by atoms with E-state index in [1.165, 1.54) is 12.1 Å². The molecule has 4 nitrogen and oxygen atoms in total. The van der Waals surface area contributed by atoms with E-state index >= 15 is 0 Å². The van der Waals surface area contributed by atoms with Crippen LogP contribution in [0.2, 0.25) is 0 Å². The molecule has 0 spiro atoms. The smallest absolute Gasteiger partial charge is 0.354 e. The highest BCUT2D eigenvalue weighted by Crippen LogP contribution is 2.22. The van der Waals surface area contributed by atoms with E-state index in [4.69, 9.17) is 5.11 Å². The quantitative estimate of drug-likeness (QED) is 0.918. The van der Waals surface area contributed by atoms with Crippen molar-refractivity contribution in [1.29, 1.82) is 0 Å². The second kappa shape index (κ2) is 6.45. The highest BCUT2D eigenvalue weighted by atomic mass is 19.1. The van der Waals surface area contributed by atoms with Crippen LogP contribution < -0.4 is 0 Å². The van der Waals surface area contributed by atoms with Crippen molar-refractivity contribution < 1.29 is 14.3 Å². The Hall–Kier alpha value is -2.27. The van der Waals surface area contributed by atoms with E-state index in [2.05, 4.69) is 4.98 Å². The van der Waals surface area contributed by atoms with Crippen molar-refractivity contribution >= 4 is 5.97 Å². The Balaban J connectivity index is 2.14. The fourth-order valence-electron chi connectivity index (χ4n) is 2.13. The summed E-state index contributed by atoms with van der Waals surface area (Å²) in [5.41, 5.74) is 1.26. The van der Waals surface area contributed by atoms with Gasteiger partial charge in [-0.2, -0.15) is 0 Å². The molecule has 0 aliphatic heterocycles. The third kappa shape index (κ3) is 3.64. The van der Waals surface area contributed by atoms with Crippen LogP contribution in [-0.2, 0) is 6.54 Å². The second-order valence-electron chi connectivity index (χ2n) is 4.93. The Kier molecular flexibility index (Phi) is 4.65. The molecule has 110 valence electrons. The summed E-state index contributed by atoms with van der Waals surface area (Å²) in [6, 6.07) is 11.4. The molecule has 21 heavy (non-hydrogen) atoms. The number of pyridine rings is 1. The number of rotatable bonds is 5. The number of hydrogen-bond donors (Lipinski definition) is 1. The molecule has 1 heterocycles. The summed E-state index contributed by atoms with van der Waals surface area (Å²) in [5.74, 6) is -1.30. The zero-order valence-electron chi connectivity index (χ0n) is 12.0. The molecular weight excluding hydrogens is 271 g/mol. The summed E-state index contributed by atoms with van der Waals surface area (Å²) in [5, 5.41) is 8.94. The average molecular weight is 288 g/mol. The molecule has 0 bridgehead atoms. The third-order valence-corrected chi connectivity index (χ3v) is 3.45. The summed E-state index contributed by atoms with van der Waals surface area (Å²) >= 11 is 0. The van der Waals surface area contributed by atoms with Crippen LogP contribution in [-0.4, -0.2) is 28.0 Å². The van der Waals surface area contributed by atoms with Gasteiger partial charge in [0.15, 0.2) is 0 Å². The van der Waals surface area contributed by atoms with Gasteiger partial charge < -0.3 is 5.11 Å². The SMILES string of the molecule is CC(c1ccccc1F)N(C)Cc1cccc(C(=O)O)n1. The number of halogens is 1. The van der Waals surface area contributed by atoms with E-state index in [1.807, 2.05) is 18.9 Å². The van der Waals surface area contributed by atoms with Crippen LogP contribution in [0.15, 0.2) is 42.5 Å². The lowest BCUT2D eigenvalue weighted by molar-refractivity contribution is 0.0690. The first-order chi connectivity index (χ1) is 9.99. The van der Waals surface area contributed by atoms with Crippen molar-refractivity contribution in [2.75, 3.05) is 7.05 Å². The highest BCUT2D eigenvalue weighted by Gasteiger charge is 2.16. The number of aromatic nitrogens is 1. The standard InChI is InChI=1S/C16H17FN2O2/c1-11(13-7-3-4-8-14(13)17)19(2)10-12-6-5-9-15(18-12)16(20)21/h3-9,11H,10H2,1-2H3,(H,20,21). The Morgan fingerprint density at radius 2 is 2.00 bits per heavy atom. The minimum Gasteiger partial charge on any atom is -0.477 e. The lowest BCUT2D eigenvalue weighted by Crippen LogP contribution is -2.23. The monoisotopic (exact) mass is 288 g/mol. The van der Waals surface area contributed by atoms with Crippen LogP contribution in [0.25, 0.3) is 0 Å². The van der Waals surface area contributed by atoms with E-state index in [-0.39, 0.29) is 17.6 Å². The summed E-state index contributed by atoms with van der Waals surface area (Å²) in [7, 11) is 1.85. The zero-order chi connectivity index (χ0) is 15.4. The molecule has 1 unspecified atom stereocenters. The van der Waals surface area contributed by atoms with Crippen LogP contribution in [0.1, 0.15) is 34.7 Å². The Bertz CT molecular complexity index is 646. The molecule has 0 amide bonds. The van der Waals surface area contributed by atoms with Crippen LogP contribution >= 0.6 is 0 Å². The molecule has 1 N–H and O–H groups in total. The number of hydrogen-bond acceptors (Lipinski definition) is 3. The molecule has 0 saturated carbocycles. The molecule has 1 aromatic heterocycles. The number of carboxylic acids is 1. The molecule has 1 atom stereocenters. The van der Waals surface area contributed by atoms with Crippen LogP contribution in [0.5, 0.6) is 0 Å². The molecular formula is C16H17FN2O2. The number of carboxylic acid groups (broad SMARTS) is 1. The molecule has 1 aromatic carbocycles. The van der Waals surface area contributed by atoms with Gasteiger partial charge in [0.1, 0.15) is 11.5 Å². The van der Waals surface area contributed by atoms with Gasteiger partial charge in [0.2, 0.25) is 0 Å². The summed E-state index contributed by atoms with van der Waals surface area (Å²) in [4.78, 5) is 16.9. The lowest BCUT2D eigenvalue weighted by atomic mass is 10.1. The topological polar surface area (TPSA) is 53.4 Å². The van der Waals surface area contributed by atoms with Crippen LogP contribution in [0, 0.1) is 5.82 Å². The molecule has 0 aliphatic rings. The van der Waals surface area contributed by atoms with E-state index < -0.39 is 5.97 Å². The van der Waals surface area contributed by atoms with Crippen LogP contribution in [0.4, 0.5) is 4.39 Å². The maximum Gasteiger partial charge on any atom is 0.354 e. The number of carbonyl (C=O) groups is 1. The first-order valence-electron chi connectivity index (χ1n) is 6.63. The Morgan fingerprint density at radius 1 is 1.29 bits per heavy atom. The Labute approximate surface area is 122 Å². The van der Waals surface area contributed by atoms with Gasteiger partial charge in [0.25, 0.3) is 0 Å². The molecule has 0 saturated heterocycles. The lowest BCUT2D eigenvalue weighted by Gasteiger charge is -2.25. The van der Waals surface area contributed by atoms with Crippen molar-refractivity contribution in [2.24, 2.45) is 0 Å². The highest BCUT2D eigenvalue weighted by molar-refractivity contribution is 5.85. The Morgan fingerprint density at radius 3 is 2.67 bits per heavy atom. The molecule has 0 fully saturated rings. The van der Waals surface area contributed by atoms with Crippen molar-refractivity contribution in [3.8, 4) is 0 Å². The largest absolute Gasteiger partial charge is 0.477 e. The minimum absolute atomic E-state index is 0.0134. The third-order valence-electron chi connectivity index (χ3n) is 3.45. The molecule has 0 aliphatic carbocycles. The predicted octanol–water partition coefficient (Wildman–Crippen LogP) is 3.11. The predicted molar refractivity (Wildman–Crippen MR) is 77.5 cm³/mol. The maximum absolute atomic E-state index is 13.8. The first kappa shape index (κ1) is 15.1. The summed E-state index contributed by atoms with van der Waals surface area (Å²) < 4.78 is 13.8.